The molecule has 2 heterocycles. The van der Waals surface area contributed by atoms with E-state index >= 15 is 0 Å². The van der Waals surface area contributed by atoms with Crippen LogP contribution in [0.15, 0.2) is 16.3 Å². The quantitative estimate of drug-likeness (QED) is 0.765. The molecule has 3 N–H and O–H groups in total. The van der Waals surface area contributed by atoms with E-state index in [1.807, 2.05) is 6.92 Å². The number of aryl methyl sites for hydroxylation is 1. The van der Waals surface area contributed by atoms with Crippen LogP contribution in [0.1, 0.15) is 30.6 Å². The zero-order chi connectivity index (χ0) is 16.6. The fraction of sp³-hybridized carbons (Fsp3) is 0.667. The molecule has 0 radical (unpaired) electrons. The molecule has 1 amide bonds. The van der Waals surface area contributed by atoms with Crippen LogP contribution >= 0.6 is 23.7 Å². The number of carbonyl (C=O) groups excluding carboxylic acids is 1. The van der Waals surface area contributed by atoms with Gasteiger partial charge in [0.25, 0.3) is 10.0 Å². The number of carbonyl (C=O) groups is 1. The van der Waals surface area contributed by atoms with E-state index in [0.717, 1.165) is 17.7 Å². The predicted molar refractivity (Wildman–Crippen MR) is 96.9 cm³/mol. The minimum atomic E-state index is -3.59. The van der Waals surface area contributed by atoms with Crippen molar-refractivity contribution in [3.8, 4) is 0 Å². The van der Waals surface area contributed by atoms with Crippen molar-refractivity contribution in [2.75, 3.05) is 13.1 Å². The van der Waals surface area contributed by atoms with Gasteiger partial charge in [-0.1, -0.05) is 0 Å². The SMILES string of the molecule is Cc1ccc(S(=O)(=O)N2CCCC2C(=O)NCC(N)C2CC2)s1.Cl. The maximum atomic E-state index is 12.8. The summed E-state index contributed by atoms with van der Waals surface area (Å²) in [6.07, 6.45) is 3.52. The molecule has 1 aromatic heterocycles. The van der Waals surface area contributed by atoms with Crippen molar-refractivity contribution < 1.29 is 13.2 Å². The van der Waals surface area contributed by atoms with E-state index in [4.69, 9.17) is 5.73 Å². The molecule has 136 valence electrons. The highest BCUT2D eigenvalue weighted by Gasteiger charge is 2.40. The van der Waals surface area contributed by atoms with Crippen LogP contribution < -0.4 is 11.1 Å². The van der Waals surface area contributed by atoms with Gasteiger partial charge in [-0.05, 0) is 50.7 Å². The number of amides is 1. The number of sulfonamides is 1. The second-order valence-electron chi connectivity index (χ2n) is 6.39. The topological polar surface area (TPSA) is 92.5 Å². The first kappa shape index (κ1) is 19.7. The Labute approximate surface area is 153 Å². The Hall–Kier alpha value is -0.670. The zero-order valence-electron chi connectivity index (χ0n) is 13.6. The van der Waals surface area contributed by atoms with Gasteiger partial charge in [0, 0.05) is 24.0 Å². The van der Waals surface area contributed by atoms with E-state index < -0.39 is 16.1 Å². The van der Waals surface area contributed by atoms with Gasteiger partial charge < -0.3 is 11.1 Å². The molecule has 1 saturated carbocycles. The van der Waals surface area contributed by atoms with Gasteiger partial charge in [-0.25, -0.2) is 8.42 Å². The molecule has 0 bridgehead atoms. The second kappa shape index (κ2) is 7.70. The normalized spacial score (nSPS) is 22.8. The monoisotopic (exact) mass is 393 g/mol. The minimum Gasteiger partial charge on any atom is -0.353 e. The number of nitrogens with two attached hydrogens (primary N) is 1. The van der Waals surface area contributed by atoms with Gasteiger partial charge >= 0.3 is 0 Å². The summed E-state index contributed by atoms with van der Waals surface area (Å²) < 4.78 is 27.2. The number of halogens is 1. The number of hydrogen-bond acceptors (Lipinski definition) is 5. The Morgan fingerprint density at radius 3 is 2.71 bits per heavy atom. The summed E-state index contributed by atoms with van der Waals surface area (Å²) in [5.41, 5.74) is 6.00. The van der Waals surface area contributed by atoms with Crippen molar-refractivity contribution in [3.05, 3.63) is 17.0 Å². The number of thiophene rings is 1. The molecular formula is C15H24ClN3O3S2. The molecule has 0 spiro atoms. The lowest BCUT2D eigenvalue weighted by Gasteiger charge is -2.23. The number of hydrogen-bond donors (Lipinski definition) is 2. The number of nitrogens with zero attached hydrogens (tertiary/aromatic N) is 1. The average Bonchev–Trinajstić information content (AvgIpc) is 3.06. The third-order valence-electron chi connectivity index (χ3n) is 4.52. The van der Waals surface area contributed by atoms with Crippen molar-refractivity contribution in [1.29, 1.82) is 0 Å². The predicted octanol–water partition coefficient (Wildman–Crippen LogP) is 1.48. The summed E-state index contributed by atoms with van der Waals surface area (Å²) in [5.74, 6) is 0.281. The lowest BCUT2D eigenvalue weighted by atomic mass is 10.2. The smallest absolute Gasteiger partial charge is 0.253 e. The van der Waals surface area contributed by atoms with Gasteiger partial charge in [0.2, 0.25) is 5.91 Å². The van der Waals surface area contributed by atoms with Gasteiger partial charge in [0.05, 0.1) is 0 Å². The molecule has 9 heteroatoms. The highest BCUT2D eigenvalue weighted by atomic mass is 35.5. The van der Waals surface area contributed by atoms with Crippen molar-refractivity contribution in [3.63, 3.8) is 0 Å². The Bertz CT molecular complexity index is 688. The maximum Gasteiger partial charge on any atom is 0.253 e. The molecule has 6 nitrogen and oxygen atoms in total. The first-order chi connectivity index (χ1) is 10.9. The Balaban J connectivity index is 0.00000208. The summed E-state index contributed by atoms with van der Waals surface area (Å²) in [5, 5.41) is 2.84. The fourth-order valence-electron chi connectivity index (χ4n) is 2.98. The molecule has 2 atom stereocenters. The van der Waals surface area contributed by atoms with Gasteiger partial charge in [-0.2, -0.15) is 4.31 Å². The molecule has 2 fully saturated rings. The molecule has 1 aliphatic heterocycles. The molecular weight excluding hydrogens is 370 g/mol. The van der Waals surface area contributed by atoms with Gasteiger partial charge in [-0.15, -0.1) is 23.7 Å². The number of rotatable bonds is 6. The lowest BCUT2D eigenvalue weighted by Crippen LogP contribution is -2.48. The van der Waals surface area contributed by atoms with E-state index in [2.05, 4.69) is 5.32 Å². The Morgan fingerprint density at radius 2 is 2.12 bits per heavy atom. The average molecular weight is 394 g/mol. The molecule has 1 saturated heterocycles. The number of nitrogens with one attached hydrogen (secondary N) is 1. The van der Waals surface area contributed by atoms with Crippen LogP contribution in [0.2, 0.25) is 0 Å². The van der Waals surface area contributed by atoms with Crippen LogP contribution in [0.3, 0.4) is 0 Å². The molecule has 2 aliphatic rings. The van der Waals surface area contributed by atoms with Crippen LogP contribution in [0.5, 0.6) is 0 Å². The van der Waals surface area contributed by atoms with E-state index in [-0.39, 0.29) is 24.4 Å². The van der Waals surface area contributed by atoms with Crippen molar-refractivity contribution in [1.82, 2.24) is 9.62 Å². The van der Waals surface area contributed by atoms with E-state index in [1.165, 1.54) is 15.6 Å². The largest absolute Gasteiger partial charge is 0.353 e. The van der Waals surface area contributed by atoms with Gasteiger partial charge in [0.15, 0.2) is 0 Å². The van der Waals surface area contributed by atoms with Crippen molar-refractivity contribution in [2.24, 2.45) is 11.7 Å². The fourth-order valence-corrected chi connectivity index (χ4v) is 6.05. The summed E-state index contributed by atoms with van der Waals surface area (Å²) in [6, 6.07) is 2.77. The van der Waals surface area contributed by atoms with E-state index in [1.54, 1.807) is 12.1 Å². The van der Waals surface area contributed by atoms with Crippen LogP contribution in [0.25, 0.3) is 0 Å². The molecule has 24 heavy (non-hydrogen) atoms. The second-order valence-corrected chi connectivity index (χ2v) is 9.79. The van der Waals surface area contributed by atoms with Gasteiger partial charge in [0.1, 0.15) is 10.3 Å². The Kier molecular flexibility index (Phi) is 6.30. The summed E-state index contributed by atoms with van der Waals surface area (Å²) >= 11 is 1.24. The zero-order valence-corrected chi connectivity index (χ0v) is 16.1. The van der Waals surface area contributed by atoms with Crippen molar-refractivity contribution >= 4 is 39.7 Å². The molecule has 0 aromatic carbocycles. The van der Waals surface area contributed by atoms with Crippen LogP contribution in [-0.4, -0.2) is 43.8 Å². The Morgan fingerprint density at radius 1 is 1.42 bits per heavy atom. The van der Waals surface area contributed by atoms with Gasteiger partial charge in [-0.3, -0.25) is 4.79 Å². The third kappa shape index (κ3) is 4.11. The highest BCUT2D eigenvalue weighted by molar-refractivity contribution is 7.91. The molecule has 2 unspecified atom stereocenters. The first-order valence-corrected chi connectivity index (χ1v) is 10.3. The van der Waals surface area contributed by atoms with E-state index in [9.17, 15) is 13.2 Å². The maximum absolute atomic E-state index is 12.8. The van der Waals surface area contributed by atoms with Crippen molar-refractivity contribution in [2.45, 2.75) is 48.9 Å². The first-order valence-electron chi connectivity index (χ1n) is 8.01. The molecule has 1 aromatic rings. The minimum absolute atomic E-state index is 0. The lowest BCUT2D eigenvalue weighted by molar-refractivity contribution is -0.124. The standard InChI is InChI=1S/C15H23N3O3S2.ClH/c1-10-4-7-14(22-10)23(20,21)18-8-2-3-13(18)15(19)17-9-12(16)11-5-6-11;/h4,7,11-13H,2-3,5-6,8-9,16H2,1H3,(H,17,19);1H. The third-order valence-corrected chi connectivity index (χ3v) is 7.90. The summed E-state index contributed by atoms with van der Waals surface area (Å²) in [6.45, 7) is 2.69. The highest BCUT2D eigenvalue weighted by Crippen LogP contribution is 2.32. The molecule has 1 aliphatic carbocycles. The van der Waals surface area contributed by atoms with Crippen LogP contribution in [0.4, 0.5) is 0 Å². The van der Waals surface area contributed by atoms with Crippen LogP contribution in [0, 0.1) is 12.8 Å². The summed E-state index contributed by atoms with van der Waals surface area (Å²) in [7, 11) is -3.59. The van der Waals surface area contributed by atoms with E-state index in [0.29, 0.717) is 36.1 Å². The molecule has 3 rings (SSSR count). The van der Waals surface area contributed by atoms with Crippen LogP contribution in [-0.2, 0) is 14.8 Å². The summed E-state index contributed by atoms with van der Waals surface area (Å²) in [4.78, 5) is 13.4.